The average Bonchev–Trinajstić information content (AvgIpc) is 3.44. The van der Waals surface area contributed by atoms with Gasteiger partial charge in [0, 0.05) is 33.7 Å². The highest BCUT2D eigenvalue weighted by atomic mass is 79.9. The van der Waals surface area contributed by atoms with Crippen LogP contribution in [0, 0.1) is 0 Å². The average molecular weight is 430 g/mol. The van der Waals surface area contributed by atoms with Crippen LogP contribution in [0.1, 0.15) is 42.6 Å². The molecule has 1 fully saturated rings. The van der Waals surface area contributed by atoms with Crippen LogP contribution < -0.4 is 16.0 Å². The Kier molecular flexibility index (Phi) is 5.85. The van der Waals surface area contributed by atoms with Crippen LogP contribution in [-0.4, -0.2) is 24.5 Å². The number of carbonyl (C=O) groups excluding carboxylic acids is 2. The van der Waals surface area contributed by atoms with Crippen LogP contribution in [0.2, 0.25) is 0 Å². The van der Waals surface area contributed by atoms with Crippen molar-refractivity contribution in [2.75, 3.05) is 11.9 Å². The maximum Gasteiger partial charge on any atom is 0.319 e. The third kappa shape index (κ3) is 5.57. The molecule has 1 aliphatic rings. The number of anilines is 1. The molecule has 142 valence electrons. The molecule has 0 saturated heterocycles. The Hall–Kier alpha value is -2.34. The van der Waals surface area contributed by atoms with E-state index >= 15 is 0 Å². The lowest BCUT2D eigenvalue weighted by molar-refractivity contribution is 0.0945. The van der Waals surface area contributed by atoms with Crippen molar-refractivity contribution in [3.05, 3.63) is 64.1 Å². The van der Waals surface area contributed by atoms with Gasteiger partial charge < -0.3 is 16.0 Å². The Morgan fingerprint density at radius 1 is 1.11 bits per heavy atom. The molecular weight excluding hydrogens is 406 g/mol. The summed E-state index contributed by atoms with van der Waals surface area (Å²) in [6.07, 6.45) is 2.06. The highest BCUT2D eigenvalue weighted by Crippen LogP contribution is 2.24. The van der Waals surface area contributed by atoms with Gasteiger partial charge in [-0.2, -0.15) is 0 Å². The van der Waals surface area contributed by atoms with Gasteiger partial charge in [0.25, 0.3) is 5.91 Å². The first-order valence-corrected chi connectivity index (χ1v) is 9.85. The van der Waals surface area contributed by atoms with Crippen molar-refractivity contribution in [2.24, 2.45) is 0 Å². The van der Waals surface area contributed by atoms with Crippen molar-refractivity contribution in [3.8, 4) is 0 Å². The molecular formula is C21H24BrN3O2. The second kappa shape index (κ2) is 8.13. The van der Waals surface area contributed by atoms with E-state index in [1.807, 2.05) is 12.1 Å². The van der Waals surface area contributed by atoms with Crippen LogP contribution in [0.25, 0.3) is 0 Å². The van der Waals surface area contributed by atoms with Gasteiger partial charge in [-0.15, -0.1) is 0 Å². The third-order valence-electron chi connectivity index (χ3n) is 4.61. The van der Waals surface area contributed by atoms with Crippen molar-refractivity contribution in [2.45, 2.75) is 38.1 Å². The van der Waals surface area contributed by atoms with E-state index in [0.717, 1.165) is 22.9 Å². The number of amides is 3. The zero-order valence-electron chi connectivity index (χ0n) is 15.5. The summed E-state index contributed by atoms with van der Waals surface area (Å²) in [4.78, 5) is 24.4. The van der Waals surface area contributed by atoms with Crippen molar-refractivity contribution < 1.29 is 9.59 Å². The molecule has 3 N–H and O–H groups in total. The zero-order valence-corrected chi connectivity index (χ0v) is 17.1. The largest absolute Gasteiger partial charge is 0.351 e. The number of benzene rings is 2. The molecule has 0 spiro atoms. The first-order valence-electron chi connectivity index (χ1n) is 9.05. The van der Waals surface area contributed by atoms with Gasteiger partial charge in [-0.3, -0.25) is 4.79 Å². The van der Waals surface area contributed by atoms with Gasteiger partial charge >= 0.3 is 6.03 Å². The number of hydrogen-bond donors (Lipinski definition) is 3. The Morgan fingerprint density at radius 3 is 2.48 bits per heavy atom. The summed E-state index contributed by atoms with van der Waals surface area (Å²) in [5, 5.41) is 8.64. The van der Waals surface area contributed by atoms with E-state index in [-0.39, 0.29) is 23.4 Å². The van der Waals surface area contributed by atoms with E-state index in [9.17, 15) is 9.59 Å². The van der Waals surface area contributed by atoms with Crippen molar-refractivity contribution in [3.63, 3.8) is 0 Å². The van der Waals surface area contributed by atoms with E-state index in [0.29, 0.717) is 17.8 Å². The van der Waals surface area contributed by atoms with Crippen molar-refractivity contribution in [1.82, 2.24) is 10.6 Å². The molecule has 2 aromatic rings. The molecule has 3 rings (SSSR count). The van der Waals surface area contributed by atoms with Gasteiger partial charge in [-0.25, -0.2) is 4.79 Å². The molecule has 0 heterocycles. The van der Waals surface area contributed by atoms with Gasteiger partial charge in [-0.1, -0.05) is 48.0 Å². The number of halogens is 1. The predicted molar refractivity (Wildman–Crippen MR) is 111 cm³/mol. The van der Waals surface area contributed by atoms with E-state index in [1.54, 1.807) is 24.3 Å². The van der Waals surface area contributed by atoms with Crippen molar-refractivity contribution in [1.29, 1.82) is 0 Å². The molecule has 2 aromatic carbocycles. The van der Waals surface area contributed by atoms with Gasteiger partial charge in [0.1, 0.15) is 0 Å². The van der Waals surface area contributed by atoms with Crippen molar-refractivity contribution >= 4 is 33.6 Å². The lowest BCUT2D eigenvalue weighted by Crippen LogP contribution is -2.36. The quantitative estimate of drug-likeness (QED) is 0.634. The minimum atomic E-state index is -0.230. The molecule has 0 atom stereocenters. The highest BCUT2D eigenvalue weighted by molar-refractivity contribution is 9.10. The molecule has 0 bridgehead atoms. The van der Waals surface area contributed by atoms with Gasteiger partial charge in [0.2, 0.25) is 0 Å². The topological polar surface area (TPSA) is 70.2 Å². The Balaban J connectivity index is 1.59. The van der Waals surface area contributed by atoms with Crippen LogP contribution in [0.4, 0.5) is 10.5 Å². The molecule has 1 aliphatic carbocycles. The second-order valence-electron chi connectivity index (χ2n) is 7.53. The molecule has 0 radical (unpaired) electrons. The summed E-state index contributed by atoms with van der Waals surface area (Å²) in [6, 6.07) is 15.1. The Labute approximate surface area is 168 Å². The lowest BCUT2D eigenvalue weighted by atomic mass is 9.84. The van der Waals surface area contributed by atoms with Crippen LogP contribution in [0.3, 0.4) is 0 Å². The standard InChI is InChI=1S/C21H24BrN3O2/c1-21(2,15-6-8-16(22)9-7-15)13-23-19(26)14-4-3-5-18(12-14)25-20(27)24-17-10-11-17/h3-9,12,17H,10-11,13H2,1-2H3,(H,23,26)(H2,24,25,27). The fourth-order valence-corrected chi connectivity index (χ4v) is 2.99. The molecule has 27 heavy (non-hydrogen) atoms. The Morgan fingerprint density at radius 2 is 1.81 bits per heavy atom. The first-order chi connectivity index (χ1) is 12.8. The maximum atomic E-state index is 12.6. The van der Waals surface area contributed by atoms with E-state index in [1.165, 1.54) is 0 Å². The SMILES string of the molecule is CC(C)(CNC(=O)c1cccc(NC(=O)NC2CC2)c1)c1ccc(Br)cc1. The summed E-state index contributed by atoms with van der Waals surface area (Å²) >= 11 is 3.44. The number of rotatable bonds is 6. The molecule has 0 aliphatic heterocycles. The summed E-state index contributed by atoms with van der Waals surface area (Å²) in [5.41, 5.74) is 2.08. The highest BCUT2D eigenvalue weighted by Gasteiger charge is 2.24. The Bertz CT molecular complexity index is 830. The molecule has 0 unspecified atom stereocenters. The normalized spacial score (nSPS) is 13.7. The fourth-order valence-electron chi connectivity index (χ4n) is 2.72. The predicted octanol–water partition coefficient (Wildman–Crippen LogP) is 4.44. The minimum Gasteiger partial charge on any atom is -0.351 e. The van der Waals surface area contributed by atoms with Gasteiger partial charge in [0.15, 0.2) is 0 Å². The molecule has 0 aromatic heterocycles. The lowest BCUT2D eigenvalue weighted by Gasteiger charge is -2.26. The molecule has 5 nitrogen and oxygen atoms in total. The van der Waals surface area contributed by atoms with E-state index in [4.69, 9.17) is 0 Å². The summed E-state index contributed by atoms with van der Waals surface area (Å²) in [6.45, 7) is 4.70. The summed E-state index contributed by atoms with van der Waals surface area (Å²) < 4.78 is 1.03. The van der Waals surface area contributed by atoms with E-state index in [2.05, 4.69) is 57.9 Å². The molecule has 1 saturated carbocycles. The number of urea groups is 1. The first kappa shape index (κ1) is 19.4. The smallest absolute Gasteiger partial charge is 0.319 e. The van der Waals surface area contributed by atoms with Gasteiger partial charge in [0.05, 0.1) is 0 Å². The second-order valence-corrected chi connectivity index (χ2v) is 8.44. The van der Waals surface area contributed by atoms with Crippen LogP contribution in [-0.2, 0) is 5.41 Å². The third-order valence-corrected chi connectivity index (χ3v) is 5.14. The summed E-state index contributed by atoms with van der Waals surface area (Å²) in [7, 11) is 0. The number of carbonyl (C=O) groups is 2. The summed E-state index contributed by atoms with van der Waals surface area (Å²) in [5.74, 6) is -0.161. The fraction of sp³-hybridized carbons (Fsp3) is 0.333. The van der Waals surface area contributed by atoms with E-state index < -0.39 is 0 Å². The zero-order chi connectivity index (χ0) is 19.4. The number of nitrogens with one attached hydrogen (secondary N) is 3. The number of hydrogen-bond acceptors (Lipinski definition) is 2. The minimum absolute atomic E-state index is 0.161. The monoisotopic (exact) mass is 429 g/mol. The van der Waals surface area contributed by atoms with Gasteiger partial charge in [-0.05, 0) is 48.7 Å². The molecule has 3 amide bonds. The van der Waals surface area contributed by atoms with Crippen LogP contribution in [0.5, 0.6) is 0 Å². The van der Waals surface area contributed by atoms with Crippen LogP contribution >= 0.6 is 15.9 Å². The maximum absolute atomic E-state index is 12.6. The van der Waals surface area contributed by atoms with Crippen LogP contribution in [0.15, 0.2) is 53.0 Å². The molecule has 6 heteroatoms.